The summed E-state index contributed by atoms with van der Waals surface area (Å²) in [6.07, 6.45) is 25.3. The average molecular weight is 534 g/mol. The van der Waals surface area contributed by atoms with E-state index in [-0.39, 0.29) is 5.91 Å². The molecule has 0 saturated heterocycles. The van der Waals surface area contributed by atoms with E-state index < -0.39 is 26.6 Å². The molecule has 7 nitrogen and oxygen atoms in total. The summed E-state index contributed by atoms with van der Waals surface area (Å²) in [5.41, 5.74) is 0. The number of aliphatic hydroxyl groups excluding tert-OH is 1. The van der Waals surface area contributed by atoms with Gasteiger partial charge in [0, 0.05) is 6.42 Å². The number of unbranched alkanes of at least 4 members (excludes halogenated alkanes) is 17. The number of amides is 1. The van der Waals surface area contributed by atoms with Crippen LogP contribution in [0.25, 0.3) is 0 Å². The van der Waals surface area contributed by atoms with Gasteiger partial charge in [0.05, 0.1) is 18.8 Å². The molecule has 8 heteroatoms. The summed E-state index contributed by atoms with van der Waals surface area (Å²) in [7, 11) is -4.69. The first-order valence-electron chi connectivity index (χ1n) is 14.6. The fourth-order valence-corrected chi connectivity index (χ4v) is 4.58. The van der Waals surface area contributed by atoms with E-state index in [1.54, 1.807) is 6.08 Å². The van der Waals surface area contributed by atoms with Gasteiger partial charge in [0.25, 0.3) is 0 Å². The maximum atomic E-state index is 12.3. The Kier molecular flexibility index (Phi) is 24.1. The van der Waals surface area contributed by atoms with E-state index in [1.165, 1.54) is 83.5 Å². The molecule has 2 atom stereocenters. The van der Waals surface area contributed by atoms with Crippen LogP contribution in [0.4, 0.5) is 0 Å². The van der Waals surface area contributed by atoms with Crippen LogP contribution in [0.2, 0.25) is 0 Å². The van der Waals surface area contributed by atoms with Gasteiger partial charge in [-0.1, -0.05) is 129 Å². The Balaban J connectivity index is 4.17. The molecule has 0 fully saturated rings. The van der Waals surface area contributed by atoms with Gasteiger partial charge in [-0.15, -0.1) is 0 Å². The Hall–Kier alpha value is -0.720. The Bertz CT molecular complexity index is 580. The molecule has 4 N–H and O–H groups in total. The van der Waals surface area contributed by atoms with Crippen LogP contribution in [0.15, 0.2) is 12.2 Å². The smallest absolute Gasteiger partial charge is 0.387 e. The van der Waals surface area contributed by atoms with Crippen LogP contribution < -0.4 is 5.32 Å². The second-order valence-electron chi connectivity index (χ2n) is 10.1. The van der Waals surface area contributed by atoms with Gasteiger partial charge in [-0.05, 0) is 19.3 Å². The molecule has 214 valence electrons. The van der Waals surface area contributed by atoms with E-state index >= 15 is 0 Å². The number of nitrogens with one attached hydrogen (secondary N) is 1. The first-order valence-corrected chi connectivity index (χ1v) is 16.2. The van der Waals surface area contributed by atoms with Crippen molar-refractivity contribution in [2.75, 3.05) is 6.61 Å². The maximum absolute atomic E-state index is 12.3. The number of phosphoric acid groups is 1. The quantitative estimate of drug-likeness (QED) is 0.0525. The van der Waals surface area contributed by atoms with Crippen molar-refractivity contribution in [2.24, 2.45) is 0 Å². The predicted octanol–water partition coefficient (Wildman–Crippen LogP) is 7.34. The van der Waals surface area contributed by atoms with Crippen LogP contribution in [0.3, 0.4) is 0 Å². The summed E-state index contributed by atoms with van der Waals surface area (Å²) in [6, 6.07) is -0.900. The second-order valence-corrected chi connectivity index (χ2v) is 11.3. The fraction of sp³-hybridized carbons (Fsp3) is 0.893. The summed E-state index contributed by atoms with van der Waals surface area (Å²) in [6.45, 7) is 3.97. The second kappa shape index (κ2) is 24.6. The number of carbonyl (C=O) groups is 1. The highest BCUT2D eigenvalue weighted by Crippen LogP contribution is 2.35. The Morgan fingerprint density at radius 1 is 0.778 bits per heavy atom. The molecular formula is C28H56NO6P. The van der Waals surface area contributed by atoms with Crippen molar-refractivity contribution in [3.05, 3.63) is 12.2 Å². The number of phosphoric ester groups is 1. The summed E-state index contributed by atoms with van der Waals surface area (Å²) >= 11 is 0. The van der Waals surface area contributed by atoms with Gasteiger partial charge >= 0.3 is 7.82 Å². The van der Waals surface area contributed by atoms with Gasteiger partial charge < -0.3 is 20.2 Å². The van der Waals surface area contributed by atoms with Gasteiger partial charge in [0.1, 0.15) is 0 Å². The lowest BCUT2D eigenvalue weighted by atomic mass is 10.0. The number of aliphatic hydroxyl groups is 1. The molecule has 0 spiro atoms. The first kappa shape index (κ1) is 35.3. The zero-order valence-electron chi connectivity index (χ0n) is 23.2. The van der Waals surface area contributed by atoms with Gasteiger partial charge in [-0.2, -0.15) is 0 Å². The number of hydrogen-bond acceptors (Lipinski definition) is 4. The zero-order chi connectivity index (χ0) is 26.9. The molecule has 0 aromatic heterocycles. The number of carbonyl (C=O) groups excluding carboxylic acids is 1. The van der Waals surface area contributed by atoms with E-state index in [1.807, 2.05) is 6.08 Å². The normalized spacial score (nSPS) is 13.8. The molecule has 0 saturated carbocycles. The van der Waals surface area contributed by atoms with Crippen LogP contribution >= 0.6 is 7.82 Å². The molecule has 0 rings (SSSR count). The average Bonchev–Trinajstić information content (AvgIpc) is 2.83. The molecule has 0 aromatic rings. The van der Waals surface area contributed by atoms with Crippen molar-refractivity contribution in [1.29, 1.82) is 0 Å². The van der Waals surface area contributed by atoms with Gasteiger partial charge in [0.2, 0.25) is 5.91 Å². The minimum Gasteiger partial charge on any atom is -0.387 e. The van der Waals surface area contributed by atoms with E-state index in [0.717, 1.165) is 38.5 Å². The molecule has 0 aliphatic carbocycles. The van der Waals surface area contributed by atoms with Crippen molar-refractivity contribution >= 4 is 13.7 Å². The molecule has 0 unspecified atom stereocenters. The van der Waals surface area contributed by atoms with Gasteiger partial charge in [0.15, 0.2) is 0 Å². The van der Waals surface area contributed by atoms with E-state index in [9.17, 15) is 14.5 Å². The molecule has 0 aliphatic rings. The third-order valence-corrected chi connectivity index (χ3v) is 6.98. The first-order chi connectivity index (χ1) is 17.3. The van der Waals surface area contributed by atoms with Crippen LogP contribution in [0.5, 0.6) is 0 Å². The third kappa shape index (κ3) is 25.0. The third-order valence-electron chi connectivity index (χ3n) is 6.50. The van der Waals surface area contributed by atoms with Crippen molar-refractivity contribution in [3.8, 4) is 0 Å². The minimum atomic E-state index is -4.69. The van der Waals surface area contributed by atoms with Crippen molar-refractivity contribution in [1.82, 2.24) is 5.32 Å². The summed E-state index contributed by atoms with van der Waals surface area (Å²) < 4.78 is 15.7. The highest BCUT2D eigenvalue weighted by Gasteiger charge is 2.24. The van der Waals surface area contributed by atoms with Gasteiger partial charge in [-0.25, -0.2) is 4.57 Å². The summed E-state index contributed by atoms with van der Waals surface area (Å²) in [5, 5.41) is 13.2. The Morgan fingerprint density at radius 2 is 1.22 bits per heavy atom. The maximum Gasteiger partial charge on any atom is 0.469 e. The molecule has 36 heavy (non-hydrogen) atoms. The zero-order valence-corrected chi connectivity index (χ0v) is 24.1. The lowest BCUT2D eigenvalue weighted by molar-refractivity contribution is -0.123. The largest absolute Gasteiger partial charge is 0.469 e. The summed E-state index contributed by atoms with van der Waals surface area (Å²) in [5.74, 6) is -0.235. The van der Waals surface area contributed by atoms with Crippen LogP contribution in [0.1, 0.15) is 142 Å². The molecular weight excluding hydrogens is 477 g/mol. The SMILES string of the molecule is CCCCCCCCCCCCC/C=C/[C@@H](O)[C@H](COP(=O)(O)O)NC(=O)CCCCCCCCC. The Labute approximate surface area is 221 Å². The van der Waals surface area contributed by atoms with E-state index in [2.05, 4.69) is 23.7 Å². The number of allylic oxidation sites excluding steroid dienone is 1. The molecule has 0 aromatic carbocycles. The van der Waals surface area contributed by atoms with Crippen LogP contribution in [-0.4, -0.2) is 39.6 Å². The van der Waals surface area contributed by atoms with Crippen molar-refractivity contribution in [2.45, 2.75) is 154 Å². The molecule has 0 radical (unpaired) electrons. The lowest BCUT2D eigenvalue weighted by Gasteiger charge is -2.22. The molecule has 0 aliphatic heterocycles. The topological polar surface area (TPSA) is 116 Å². The van der Waals surface area contributed by atoms with Crippen LogP contribution in [-0.2, 0) is 13.9 Å². The Morgan fingerprint density at radius 3 is 1.69 bits per heavy atom. The summed E-state index contributed by atoms with van der Waals surface area (Å²) in [4.78, 5) is 30.4. The number of hydrogen-bond donors (Lipinski definition) is 4. The lowest BCUT2D eigenvalue weighted by Crippen LogP contribution is -2.45. The number of rotatable bonds is 26. The minimum absolute atomic E-state index is 0.235. The van der Waals surface area contributed by atoms with Gasteiger partial charge in [-0.3, -0.25) is 9.32 Å². The predicted molar refractivity (Wildman–Crippen MR) is 149 cm³/mol. The molecule has 1 amide bonds. The monoisotopic (exact) mass is 533 g/mol. The fourth-order valence-electron chi connectivity index (χ4n) is 4.22. The van der Waals surface area contributed by atoms with Crippen molar-refractivity contribution < 1.29 is 28.8 Å². The van der Waals surface area contributed by atoms with E-state index in [4.69, 9.17) is 9.79 Å². The molecule has 0 bridgehead atoms. The highest BCUT2D eigenvalue weighted by molar-refractivity contribution is 7.46. The van der Waals surface area contributed by atoms with Crippen LogP contribution in [0, 0.1) is 0 Å². The standard InChI is InChI=1S/C28H56NO6P/c1-3-5-7-9-11-12-13-14-15-16-18-19-21-23-27(30)26(25-35-36(32,33)34)29-28(31)24-22-20-17-10-8-6-4-2/h21,23,26-27,30H,3-20,22,24-25H2,1-2H3,(H,29,31)(H2,32,33,34)/b23-21+/t26-,27+/m0/s1. The molecule has 0 heterocycles. The van der Waals surface area contributed by atoms with E-state index in [0.29, 0.717) is 6.42 Å². The van der Waals surface area contributed by atoms with Crippen molar-refractivity contribution in [3.63, 3.8) is 0 Å². The highest BCUT2D eigenvalue weighted by atomic mass is 31.2.